The van der Waals surface area contributed by atoms with Gasteiger partial charge in [0.05, 0.1) is 36.5 Å². The van der Waals surface area contributed by atoms with Crippen molar-refractivity contribution in [3.63, 3.8) is 0 Å². The molecule has 0 spiro atoms. The molecular weight excluding hydrogens is 510 g/mol. The number of ether oxygens (including phenoxy) is 1. The van der Waals surface area contributed by atoms with E-state index < -0.39 is 11.7 Å². The fourth-order valence-corrected chi connectivity index (χ4v) is 5.11. The predicted octanol–water partition coefficient (Wildman–Crippen LogP) is 3.94. The van der Waals surface area contributed by atoms with Crippen molar-refractivity contribution in [2.75, 3.05) is 24.2 Å². The van der Waals surface area contributed by atoms with Crippen molar-refractivity contribution in [2.45, 2.75) is 84.5 Å². The fourth-order valence-electron chi connectivity index (χ4n) is 5.11. The molecule has 0 aromatic carbocycles. The zero-order valence-electron chi connectivity index (χ0n) is 23.9. The van der Waals surface area contributed by atoms with Crippen molar-refractivity contribution in [3.05, 3.63) is 35.3 Å². The molecule has 3 aromatic rings. The van der Waals surface area contributed by atoms with Gasteiger partial charge in [0.2, 0.25) is 5.95 Å². The van der Waals surface area contributed by atoms with Gasteiger partial charge in [-0.15, -0.1) is 0 Å². The maximum Gasteiger partial charge on any atom is 0.410 e. The molecule has 0 radical (unpaired) electrons. The number of amides is 1. The number of anilines is 2. The number of rotatable bonds is 9. The van der Waals surface area contributed by atoms with Crippen LogP contribution in [-0.4, -0.2) is 65.6 Å². The molecule has 3 aromatic heterocycles. The van der Waals surface area contributed by atoms with Crippen LogP contribution in [0.3, 0.4) is 0 Å². The largest absolute Gasteiger partial charge is 0.444 e. The number of hydrogen-bond acceptors (Lipinski definition) is 10. The highest BCUT2D eigenvalue weighted by Crippen LogP contribution is 2.36. The number of likely N-dealkylation sites (tertiary alicyclic amines) is 1. The molecular formula is C28H39N9O3. The van der Waals surface area contributed by atoms with Gasteiger partial charge in [-0.25, -0.2) is 9.78 Å². The molecule has 1 saturated heterocycles. The first-order chi connectivity index (χ1) is 19.0. The van der Waals surface area contributed by atoms with Gasteiger partial charge in [0.15, 0.2) is 5.82 Å². The van der Waals surface area contributed by atoms with E-state index >= 15 is 0 Å². The van der Waals surface area contributed by atoms with Crippen LogP contribution in [0, 0.1) is 24.2 Å². The van der Waals surface area contributed by atoms with Crippen molar-refractivity contribution < 1.29 is 14.6 Å². The lowest BCUT2D eigenvalue weighted by Gasteiger charge is -2.28. The predicted molar refractivity (Wildman–Crippen MR) is 151 cm³/mol. The minimum atomic E-state index is -0.631. The summed E-state index contributed by atoms with van der Waals surface area (Å²) in [5.41, 5.74) is 9.27. The lowest BCUT2D eigenvalue weighted by Crippen LogP contribution is -2.36. The number of aryl methyl sites for hydroxylation is 1. The van der Waals surface area contributed by atoms with Gasteiger partial charge in [-0.2, -0.15) is 15.3 Å². The summed E-state index contributed by atoms with van der Waals surface area (Å²) in [4.78, 5) is 28.1. The van der Waals surface area contributed by atoms with Gasteiger partial charge in [-0.1, -0.05) is 19.4 Å². The summed E-state index contributed by atoms with van der Waals surface area (Å²) in [6.45, 7) is 10.3. The van der Waals surface area contributed by atoms with Crippen molar-refractivity contribution in [3.8, 4) is 6.07 Å². The zero-order chi connectivity index (χ0) is 29.0. The Morgan fingerprint density at radius 2 is 2.10 bits per heavy atom. The van der Waals surface area contributed by atoms with Crippen LogP contribution in [0.5, 0.6) is 0 Å². The van der Waals surface area contributed by atoms with Crippen LogP contribution >= 0.6 is 0 Å². The molecule has 1 amide bonds. The highest BCUT2D eigenvalue weighted by molar-refractivity contribution is 5.86. The van der Waals surface area contributed by atoms with Crippen LogP contribution in [-0.2, 0) is 11.3 Å². The molecule has 2 unspecified atom stereocenters. The molecule has 1 aliphatic heterocycles. The number of nitrogens with zero attached hydrogens (tertiary/aromatic N) is 7. The summed E-state index contributed by atoms with van der Waals surface area (Å²) in [6, 6.07) is 4.06. The molecule has 0 bridgehead atoms. The Morgan fingerprint density at radius 1 is 1.32 bits per heavy atom. The number of fused-ring (bicyclic) bond motifs is 1. The molecule has 0 aliphatic carbocycles. The van der Waals surface area contributed by atoms with Crippen LogP contribution in [0.2, 0.25) is 0 Å². The van der Waals surface area contributed by atoms with E-state index in [-0.39, 0.29) is 30.6 Å². The number of pyridine rings is 1. The van der Waals surface area contributed by atoms with E-state index in [4.69, 9.17) is 15.5 Å². The Balaban J connectivity index is 1.61. The Kier molecular flexibility index (Phi) is 8.73. The van der Waals surface area contributed by atoms with E-state index in [1.807, 2.05) is 33.8 Å². The van der Waals surface area contributed by atoms with Gasteiger partial charge in [0.25, 0.3) is 0 Å². The first-order valence-corrected chi connectivity index (χ1v) is 13.7. The van der Waals surface area contributed by atoms with Gasteiger partial charge >= 0.3 is 6.09 Å². The summed E-state index contributed by atoms with van der Waals surface area (Å²) >= 11 is 0. The highest BCUT2D eigenvalue weighted by atomic mass is 16.6. The lowest BCUT2D eigenvalue weighted by molar-refractivity contribution is 0.0221. The SMILES string of the molecule is CCCC(CCO)Nc1nc(N)nc2cnn(Cc3ncc(C4C[C@@H](C#N)CN4C(=O)OC(C)(C)C)cc3C)c12. The molecule has 214 valence electrons. The number of carbonyl (C=O) groups excluding carboxylic acids is 1. The summed E-state index contributed by atoms with van der Waals surface area (Å²) in [5.74, 6) is 0.450. The summed E-state index contributed by atoms with van der Waals surface area (Å²) in [5, 5.41) is 27.0. The average Bonchev–Trinajstić information content (AvgIpc) is 3.49. The topological polar surface area (TPSA) is 168 Å². The van der Waals surface area contributed by atoms with Gasteiger partial charge in [0, 0.05) is 25.4 Å². The van der Waals surface area contributed by atoms with E-state index in [0.717, 1.165) is 29.7 Å². The van der Waals surface area contributed by atoms with E-state index in [9.17, 15) is 15.2 Å². The Hall–Kier alpha value is -3.98. The van der Waals surface area contributed by atoms with Gasteiger partial charge in [0.1, 0.15) is 16.6 Å². The molecule has 12 nitrogen and oxygen atoms in total. The standard InChI is InChI=1S/C28H39N9O3/c1-6-7-20(8-9-38)33-25-24-21(34-26(30)35-25)14-32-37(24)16-22-17(2)10-19(13-31-22)23-11-18(12-29)15-36(23)27(39)40-28(3,4)5/h10,13-14,18,20,23,38H,6-9,11,15-16H2,1-5H3,(H3,30,33,34,35)/t18-,20?,23?/m0/s1. The third-order valence-corrected chi connectivity index (χ3v) is 6.97. The van der Waals surface area contributed by atoms with Gasteiger partial charge in [-0.05, 0) is 58.1 Å². The minimum absolute atomic E-state index is 0.0339. The number of carbonyl (C=O) groups is 1. The third kappa shape index (κ3) is 6.59. The van der Waals surface area contributed by atoms with Crippen LogP contribution in [0.4, 0.5) is 16.6 Å². The van der Waals surface area contributed by atoms with Crippen LogP contribution in [0.25, 0.3) is 11.0 Å². The molecule has 4 heterocycles. The number of hydrogen-bond donors (Lipinski definition) is 3. The van der Waals surface area contributed by atoms with Crippen molar-refractivity contribution >= 4 is 28.9 Å². The molecule has 12 heteroatoms. The van der Waals surface area contributed by atoms with Crippen LogP contribution in [0.15, 0.2) is 18.5 Å². The molecule has 0 saturated carbocycles. The summed E-state index contributed by atoms with van der Waals surface area (Å²) < 4.78 is 7.41. The number of nitriles is 1. The molecule has 3 atom stereocenters. The van der Waals surface area contributed by atoms with E-state index in [0.29, 0.717) is 42.8 Å². The second kappa shape index (κ2) is 12.0. The number of nitrogen functional groups attached to an aromatic ring is 1. The zero-order valence-corrected chi connectivity index (χ0v) is 23.9. The van der Waals surface area contributed by atoms with Crippen LogP contribution < -0.4 is 11.1 Å². The van der Waals surface area contributed by atoms with E-state index in [1.165, 1.54) is 0 Å². The highest BCUT2D eigenvalue weighted by Gasteiger charge is 2.38. The summed E-state index contributed by atoms with van der Waals surface area (Å²) in [6.07, 6.45) is 5.93. The Labute approximate surface area is 234 Å². The second-order valence-corrected chi connectivity index (χ2v) is 11.4. The molecule has 4 rings (SSSR count). The summed E-state index contributed by atoms with van der Waals surface area (Å²) in [7, 11) is 0. The maximum absolute atomic E-state index is 12.9. The monoisotopic (exact) mass is 549 g/mol. The molecule has 1 aliphatic rings. The number of aliphatic hydroxyl groups is 1. The van der Waals surface area contributed by atoms with Gasteiger partial charge < -0.3 is 20.9 Å². The average molecular weight is 550 g/mol. The third-order valence-electron chi connectivity index (χ3n) is 6.97. The van der Waals surface area contributed by atoms with Gasteiger partial charge in [-0.3, -0.25) is 14.6 Å². The van der Waals surface area contributed by atoms with E-state index in [1.54, 1.807) is 22.0 Å². The quantitative estimate of drug-likeness (QED) is 0.355. The van der Waals surface area contributed by atoms with E-state index in [2.05, 4.69) is 33.4 Å². The Bertz CT molecular complexity index is 1390. The normalized spacial score (nSPS) is 18.1. The maximum atomic E-state index is 12.9. The fraction of sp³-hybridized carbons (Fsp3) is 0.571. The first kappa shape index (κ1) is 29.0. The number of aromatic nitrogens is 5. The van der Waals surface area contributed by atoms with Crippen molar-refractivity contribution in [2.24, 2.45) is 5.92 Å². The number of nitrogens with one attached hydrogen (secondary N) is 1. The van der Waals surface area contributed by atoms with Crippen LogP contribution in [0.1, 0.15) is 76.2 Å². The molecule has 40 heavy (non-hydrogen) atoms. The second-order valence-electron chi connectivity index (χ2n) is 11.4. The first-order valence-electron chi connectivity index (χ1n) is 13.7. The molecule has 4 N–H and O–H groups in total. The lowest BCUT2D eigenvalue weighted by atomic mass is 10.0. The Morgan fingerprint density at radius 3 is 2.75 bits per heavy atom. The van der Waals surface area contributed by atoms with Crippen molar-refractivity contribution in [1.82, 2.24) is 29.6 Å². The molecule has 1 fully saturated rings. The number of nitrogens with two attached hydrogens (primary N) is 1. The number of aliphatic hydroxyl groups excluding tert-OH is 1. The smallest absolute Gasteiger partial charge is 0.410 e. The van der Waals surface area contributed by atoms with Crippen molar-refractivity contribution in [1.29, 1.82) is 5.26 Å². The minimum Gasteiger partial charge on any atom is -0.444 e.